The van der Waals surface area contributed by atoms with Crippen LogP contribution < -0.4 is 26.2 Å². The van der Waals surface area contributed by atoms with Crippen molar-refractivity contribution in [2.75, 3.05) is 10.6 Å². The van der Waals surface area contributed by atoms with Crippen LogP contribution in [0.2, 0.25) is 5.02 Å². The number of pyridine rings is 1. The Bertz CT molecular complexity index is 1600. The number of anilines is 2. The van der Waals surface area contributed by atoms with Crippen LogP contribution in [-0.4, -0.2) is 22.8 Å². The van der Waals surface area contributed by atoms with Crippen molar-refractivity contribution in [3.8, 4) is 11.5 Å². The second-order valence-electron chi connectivity index (χ2n) is 8.94. The normalized spacial score (nSPS) is 10.9. The third-order valence-corrected chi connectivity index (χ3v) is 5.97. The zero-order valence-corrected chi connectivity index (χ0v) is 22.6. The van der Waals surface area contributed by atoms with Gasteiger partial charge in [-0.3, -0.25) is 25.4 Å². The Morgan fingerprint density at radius 2 is 1.50 bits per heavy atom. The van der Waals surface area contributed by atoms with Gasteiger partial charge in [-0.2, -0.15) is 13.2 Å². The van der Waals surface area contributed by atoms with E-state index in [-0.39, 0.29) is 23.6 Å². The van der Waals surface area contributed by atoms with E-state index in [0.29, 0.717) is 11.4 Å². The first-order chi connectivity index (χ1) is 20.0. The lowest BCUT2D eigenvalue weighted by Gasteiger charge is -2.13. The first-order valence-electron chi connectivity index (χ1n) is 12.3. The number of nitrogens with zero attached hydrogens (tertiary/aromatic N) is 1. The maximum Gasteiger partial charge on any atom is 0.417 e. The minimum absolute atomic E-state index is 0.00558. The molecule has 9 nitrogen and oxygen atoms in total. The molecule has 0 unspecified atom stereocenters. The van der Waals surface area contributed by atoms with E-state index in [4.69, 9.17) is 16.3 Å². The highest BCUT2D eigenvalue weighted by Gasteiger charge is 2.33. The van der Waals surface area contributed by atoms with Gasteiger partial charge in [0.15, 0.2) is 0 Å². The summed E-state index contributed by atoms with van der Waals surface area (Å²) in [4.78, 5) is 40.9. The van der Waals surface area contributed by atoms with Crippen molar-refractivity contribution in [2.24, 2.45) is 0 Å². The van der Waals surface area contributed by atoms with E-state index in [9.17, 15) is 27.6 Å². The second-order valence-corrected chi connectivity index (χ2v) is 9.35. The van der Waals surface area contributed by atoms with E-state index >= 15 is 0 Å². The highest BCUT2D eigenvalue weighted by Crippen LogP contribution is 2.36. The maximum absolute atomic E-state index is 13.0. The van der Waals surface area contributed by atoms with Crippen molar-refractivity contribution in [1.82, 2.24) is 15.8 Å². The van der Waals surface area contributed by atoms with E-state index in [0.717, 1.165) is 23.3 Å². The Morgan fingerprint density at radius 1 is 0.833 bits per heavy atom. The van der Waals surface area contributed by atoms with Gasteiger partial charge in [0.1, 0.15) is 17.2 Å². The molecule has 0 radical (unpaired) electrons. The maximum atomic E-state index is 13.0. The predicted octanol–water partition coefficient (Wildman–Crippen LogP) is 6.50. The highest BCUT2D eigenvalue weighted by molar-refractivity contribution is 6.31. The van der Waals surface area contributed by atoms with Crippen LogP contribution in [0.5, 0.6) is 11.5 Å². The summed E-state index contributed by atoms with van der Waals surface area (Å²) in [5.74, 6) is -0.409. The molecule has 1 heterocycles. The number of aromatic nitrogens is 1. The number of hydrogen-bond acceptors (Lipinski definition) is 5. The molecule has 0 bridgehead atoms. The minimum Gasteiger partial charge on any atom is -0.457 e. The average Bonchev–Trinajstić information content (AvgIpc) is 2.94. The summed E-state index contributed by atoms with van der Waals surface area (Å²) in [6.07, 6.45) is -3.22. The second kappa shape index (κ2) is 13.0. The van der Waals surface area contributed by atoms with Crippen LogP contribution in [0.25, 0.3) is 0 Å². The van der Waals surface area contributed by atoms with E-state index in [1.165, 1.54) is 48.7 Å². The van der Waals surface area contributed by atoms with Crippen LogP contribution in [0, 0.1) is 6.92 Å². The fraction of sp³-hybridized carbons (Fsp3) is 0.103. The van der Waals surface area contributed by atoms with Crippen LogP contribution in [0.3, 0.4) is 0 Å². The number of aryl methyl sites for hydroxylation is 1. The zero-order chi connectivity index (χ0) is 30.3. The molecule has 0 aliphatic heterocycles. The summed E-state index contributed by atoms with van der Waals surface area (Å²) in [5.41, 5.74) is 5.70. The molecule has 1 aromatic heterocycles. The number of rotatable bonds is 7. The summed E-state index contributed by atoms with van der Waals surface area (Å²) in [6.45, 7) is 1.94. The Hall–Kier alpha value is -5.10. The van der Waals surface area contributed by atoms with E-state index < -0.39 is 34.6 Å². The molecule has 3 aromatic carbocycles. The highest BCUT2D eigenvalue weighted by atomic mass is 35.5. The minimum atomic E-state index is -4.67. The number of hydrogen-bond donors (Lipinski definition) is 4. The number of nitrogens with one attached hydrogen (secondary N) is 4. The zero-order valence-electron chi connectivity index (χ0n) is 21.9. The number of halogens is 4. The van der Waals surface area contributed by atoms with Crippen LogP contribution in [0.1, 0.15) is 27.2 Å². The summed E-state index contributed by atoms with van der Waals surface area (Å²) in [6, 6.07) is 18.7. The van der Waals surface area contributed by atoms with Crippen molar-refractivity contribution in [3.63, 3.8) is 0 Å². The fourth-order valence-electron chi connectivity index (χ4n) is 3.58. The molecular formula is C29H23ClF3N5O4. The molecule has 0 aliphatic carbocycles. The van der Waals surface area contributed by atoms with Crippen LogP contribution in [0.4, 0.5) is 29.3 Å². The van der Waals surface area contributed by atoms with Gasteiger partial charge in [-0.15, -0.1) is 0 Å². The number of benzene rings is 3. The summed E-state index contributed by atoms with van der Waals surface area (Å²) in [5, 5.41) is 4.34. The van der Waals surface area contributed by atoms with E-state index in [1.807, 2.05) is 31.2 Å². The third-order valence-electron chi connectivity index (χ3n) is 5.64. The first kappa shape index (κ1) is 29.9. The van der Waals surface area contributed by atoms with Gasteiger partial charge in [-0.25, -0.2) is 4.79 Å². The summed E-state index contributed by atoms with van der Waals surface area (Å²) < 4.78 is 44.9. The Labute approximate surface area is 243 Å². The lowest BCUT2D eigenvalue weighted by atomic mass is 10.1. The topological polar surface area (TPSA) is 121 Å². The molecule has 4 amide bonds. The van der Waals surface area contributed by atoms with Gasteiger partial charge in [0.2, 0.25) is 5.91 Å². The Morgan fingerprint density at radius 3 is 2.19 bits per heavy atom. The lowest BCUT2D eigenvalue weighted by Crippen LogP contribution is -2.42. The lowest BCUT2D eigenvalue weighted by molar-refractivity contribution is -0.137. The molecule has 0 spiro atoms. The molecule has 0 atom stereocenters. The molecular weight excluding hydrogens is 575 g/mol. The standard InChI is InChI=1S/C29H23ClF3N5O4/c1-17-2-4-18(5-3-17)14-26(39)37-38-27(40)25-16-22(12-13-34-25)42-21-9-6-19(7-10-21)35-28(41)36-20-8-11-24(30)23(15-20)29(31,32)33/h2-13,15-16H,14H2,1H3,(H,37,39)(H,38,40)(H2,35,36,41). The molecule has 0 fully saturated rings. The largest absolute Gasteiger partial charge is 0.457 e. The fourth-order valence-corrected chi connectivity index (χ4v) is 3.81. The van der Waals surface area contributed by atoms with Crippen molar-refractivity contribution >= 4 is 40.8 Å². The average molecular weight is 598 g/mol. The third kappa shape index (κ3) is 8.45. The van der Waals surface area contributed by atoms with Crippen LogP contribution >= 0.6 is 11.6 Å². The van der Waals surface area contributed by atoms with Gasteiger partial charge in [0.05, 0.1) is 17.0 Å². The van der Waals surface area contributed by atoms with Gasteiger partial charge < -0.3 is 15.4 Å². The van der Waals surface area contributed by atoms with Crippen molar-refractivity contribution in [2.45, 2.75) is 19.5 Å². The van der Waals surface area contributed by atoms with Gasteiger partial charge >= 0.3 is 12.2 Å². The molecule has 0 aliphatic rings. The monoisotopic (exact) mass is 597 g/mol. The number of alkyl halides is 3. The van der Waals surface area contributed by atoms with Gasteiger partial charge in [0.25, 0.3) is 5.91 Å². The number of carbonyl (C=O) groups excluding carboxylic acids is 3. The van der Waals surface area contributed by atoms with Gasteiger partial charge in [-0.05, 0) is 61.0 Å². The van der Waals surface area contributed by atoms with Gasteiger partial charge in [-0.1, -0.05) is 41.4 Å². The number of amides is 4. The van der Waals surface area contributed by atoms with E-state index in [1.54, 1.807) is 0 Å². The quantitative estimate of drug-likeness (QED) is 0.181. The van der Waals surface area contributed by atoms with Gasteiger partial charge in [0, 0.05) is 23.6 Å². The smallest absolute Gasteiger partial charge is 0.417 e. The molecule has 4 N–H and O–H groups in total. The van der Waals surface area contributed by atoms with E-state index in [2.05, 4.69) is 26.5 Å². The van der Waals surface area contributed by atoms with Crippen molar-refractivity contribution in [1.29, 1.82) is 0 Å². The van der Waals surface area contributed by atoms with Crippen molar-refractivity contribution < 1.29 is 32.3 Å². The number of urea groups is 1. The Kier molecular flexibility index (Phi) is 9.28. The molecule has 42 heavy (non-hydrogen) atoms. The Balaban J connectivity index is 1.29. The predicted molar refractivity (Wildman–Crippen MR) is 150 cm³/mol. The SMILES string of the molecule is Cc1ccc(CC(=O)NNC(=O)c2cc(Oc3ccc(NC(=O)Nc4ccc(Cl)c(C(F)(F)F)c4)cc3)ccn2)cc1. The molecule has 0 saturated heterocycles. The molecule has 216 valence electrons. The number of hydrazine groups is 1. The molecule has 0 saturated carbocycles. The summed E-state index contributed by atoms with van der Waals surface area (Å²) >= 11 is 5.60. The number of carbonyl (C=O) groups is 3. The van der Waals surface area contributed by atoms with Crippen molar-refractivity contribution in [3.05, 3.63) is 112 Å². The first-order valence-corrected chi connectivity index (χ1v) is 12.7. The summed E-state index contributed by atoms with van der Waals surface area (Å²) in [7, 11) is 0. The van der Waals surface area contributed by atoms with Crippen LogP contribution in [-0.2, 0) is 17.4 Å². The molecule has 4 rings (SSSR count). The number of ether oxygens (including phenoxy) is 1. The molecule has 13 heteroatoms. The van der Waals surface area contributed by atoms with Crippen LogP contribution in [0.15, 0.2) is 85.1 Å². The molecule has 4 aromatic rings.